The number of fused-ring (bicyclic) bond motifs is 4. The molecular formula is C70H87BrNO18+. The van der Waals surface area contributed by atoms with Crippen molar-refractivity contribution in [1.82, 2.24) is 0 Å². The van der Waals surface area contributed by atoms with E-state index in [1.807, 2.05) is 6.92 Å². The number of rotatable bonds is 30. The normalized spacial score (nSPS) is 12.7. The Morgan fingerprint density at radius 1 is 0.522 bits per heavy atom. The van der Waals surface area contributed by atoms with Crippen molar-refractivity contribution in [2.45, 2.75) is 120 Å². The quantitative estimate of drug-likeness (QED) is 0.0191. The summed E-state index contributed by atoms with van der Waals surface area (Å²) in [4.78, 5) is 79.3. The fourth-order valence-electron chi connectivity index (χ4n) is 11.0. The molecule has 90 heavy (non-hydrogen) atoms. The van der Waals surface area contributed by atoms with Gasteiger partial charge in [-0.05, 0) is 136 Å². The zero-order chi connectivity index (χ0) is 65.7. The fourth-order valence-corrected chi connectivity index (χ4v) is 11.2. The van der Waals surface area contributed by atoms with Gasteiger partial charge in [-0.15, -0.1) is 0 Å². The molecule has 2 aliphatic carbocycles. The first-order valence-corrected chi connectivity index (χ1v) is 31.7. The van der Waals surface area contributed by atoms with Gasteiger partial charge in [-0.25, -0.2) is 9.59 Å². The Morgan fingerprint density at radius 3 is 1.22 bits per heavy atom. The molecule has 0 radical (unpaired) electrons. The van der Waals surface area contributed by atoms with Crippen LogP contribution in [0.2, 0.25) is 0 Å². The number of benzene rings is 4. The topological polar surface area (TPSA) is 232 Å². The first kappa shape index (κ1) is 71.6. The van der Waals surface area contributed by atoms with Crippen LogP contribution in [-0.4, -0.2) is 127 Å². The van der Waals surface area contributed by atoms with Crippen molar-refractivity contribution in [2.75, 3.05) is 93.7 Å². The van der Waals surface area contributed by atoms with E-state index in [0.29, 0.717) is 74.4 Å². The lowest BCUT2D eigenvalue weighted by molar-refractivity contribution is -0.929. The number of Topliss-reactive ketones (excluding diaryl/α,β-unsaturated/α-hetero) is 2. The predicted octanol–water partition coefficient (Wildman–Crippen LogP) is 13.6. The van der Waals surface area contributed by atoms with Crippen molar-refractivity contribution in [1.29, 1.82) is 0 Å². The Morgan fingerprint density at radius 2 is 0.878 bits per heavy atom. The maximum absolute atomic E-state index is 13.8. The Labute approximate surface area is 534 Å². The number of alkyl halides is 1. The van der Waals surface area contributed by atoms with Gasteiger partial charge in [0.25, 0.3) is 0 Å². The van der Waals surface area contributed by atoms with Gasteiger partial charge in [0.05, 0.1) is 59.2 Å². The van der Waals surface area contributed by atoms with E-state index < -0.39 is 28.6 Å². The van der Waals surface area contributed by atoms with E-state index in [4.69, 9.17) is 51.5 Å². The lowest BCUT2D eigenvalue weighted by atomic mass is 9.86. The molecule has 0 atom stereocenters. The summed E-state index contributed by atoms with van der Waals surface area (Å²) in [6.07, 6.45) is 17.5. The monoisotopic (exact) mass is 1310 g/mol. The van der Waals surface area contributed by atoms with Gasteiger partial charge < -0.3 is 61.1 Å². The molecule has 2 heterocycles. The lowest BCUT2D eigenvalue weighted by Gasteiger charge is -2.39. The van der Waals surface area contributed by atoms with E-state index in [-0.39, 0.29) is 101 Å². The molecule has 2 aliphatic rings. The number of esters is 1. The zero-order valence-electron chi connectivity index (χ0n) is 54.1. The number of methoxy groups -OCH3 is 4. The van der Waals surface area contributed by atoms with Gasteiger partial charge in [-0.2, -0.15) is 0 Å². The number of unbranched alkanes of at least 4 members (excludes halogenated alkanes) is 4. The molecule has 4 aromatic carbocycles. The summed E-state index contributed by atoms with van der Waals surface area (Å²) in [5.41, 5.74) is 4.30. The summed E-state index contributed by atoms with van der Waals surface area (Å²) >= 11 is 3.23. The van der Waals surface area contributed by atoms with E-state index in [1.54, 1.807) is 63.3 Å². The number of carboxylic acid groups (broad SMARTS) is 1. The maximum Gasteiger partial charge on any atom is 0.339 e. The van der Waals surface area contributed by atoms with Gasteiger partial charge in [-0.1, -0.05) is 81.5 Å². The summed E-state index contributed by atoms with van der Waals surface area (Å²) < 4.78 is 60.4. The molecule has 0 spiro atoms. The third-order valence-electron chi connectivity index (χ3n) is 16.1. The molecule has 0 fully saturated rings. The number of hydrogen-bond donors (Lipinski definition) is 1. The summed E-state index contributed by atoms with van der Waals surface area (Å²) in [7, 11) is 5.93. The number of allylic oxidation sites excluding steroid dienone is 4. The minimum absolute atomic E-state index is 0.00188. The summed E-state index contributed by atoms with van der Waals surface area (Å²) in [5, 5.41) is 10.2. The van der Waals surface area contributed by atoms with Crippen molar-refractivity contribution >= 4 is 72.5 Å². The van der Waals surface area contributed by atoms with Gasteiger partial charge in [0.1, 0.15) is 30.3 Å². The van der Waals surface area contributed by atoms with Crippen molar-refractivity contribution < 1.29 is 80.2 Å². The van der Waals surface area contributed by atoms with Crippen LogP contribution in [0.4, 0.5) is 0 Å². The van der Waals surface area contributed by atoms with Crippen LogP contribution < -0.4 is 29.8 Å². The van der Waals surface area contributed by atoms with E-state index in [0.717, 1.165) is 5.56 Å². The Balaban J connectivity index is 0.000000231. The number of carbonyl (C=O) groups is 4. The Bertz CT molecular complexity index is 3670. The van der Waals surface area contributed by atoms with Crippen molar-refractivity contribution in [3.63, 3.8) is 0 Å². The van der Waals surface area contributed by atoms with Crippen LogP contribution in [0, 0.1) is 27.7 Å². The molecular weight excluding hydrogens is 1220 g/mol. The lowest BCUT2D eigenvalue weighted by Crippen LogP contribution is -2.50. The number of nitrogens with zero attached hydrogens (tertiary/aromatic N) is 1. The highest BCUT2D eigenvalue weighted by Crippen LogP contribution is 2.39. The highest BCUT2D eigenvalue weighted by Gasteiger charge is 2.32. The van der Waals surface area contributed by atoms with Gasteiger partial charge in [0, 0.05) is 56.0 Å². The van der Waals surface area contributed by atoms with Crippen molar-refractivity contribution in [3.8, 4) is 23.0 Å². The number of carboxylic acids is 1. The summed E-state index contributed by atoms with van der Waals surface area (Å²) in [6.45, 7) is 22.0. The molecule has 1 N–H and O–H groups in total. The molecule has 486 valence electrons. The summed E-state index contributed by atoms with van der Waals surface area (Å²) in [6, 6.07) is 9.81. The molecule has 0 saturated heterocycles. The summed E-state index contributed by atoms with van der Waals surface area (Å²) in [5.74, 6) is -1.31. The second kappa shape index (κ2) is 34.7. The molecule has 0 saturated carbocycles. The van der Waals surface area contributed by atoms with Gasteiger partial charge >= 0.3 is 11.9 Å². The largest absolute Gasteiger partial charge is 0.478 e. The van der Waals surface area contributed by atoms with E-state index in [1.165, 1.54) is 129 Å². The van der Waals surface area contributed by atoms with E-state index >= 15 is 0 Å². The molecule has 19 nitrogen and oxygen atoms in total. The third kappa shape index (κ3) is 17.1. The molecule has 0 unspecified atom stereocenters. The minimum Gasteiger partial charge on any atom is -0.478 e. The predicted molar refractivity (Wildman–Crippen MR) is 349 cm³/mol. The average molecular weight is 1310 g/mol. The number of ketones is 2. The highest BCUT2D eigenvalue weighted by molar-refractivity contribution is 9.09. The van der Waals surface area contributed by atoms with Crippen LogP contribution in [0.1, 0.15) is 165 Å². The highest BCUT2D eigenvalue weighted by atomic mass is 79.9. The van der Waals surface area contributed by atoms with Crippen LogP contribution in [0.25, 0.3) is 33.1 Å². The number of quaternary nitrogens is 1. The van der Waals surface area contributed by atoms with Crippen LogP contribution in [-0.2, 0) is 36.5 Å². The molecule has 8 rings (SSSR count). The number of carbonyl (C=O) groups excluding carboxylic acids is 3. The SMILES string of the molecule is CCCC[N+](CCCC)(CCCC)CCCC.COCOc1cc2c(cc1OCOC)C(=O)C(c1coc3cc(C)c(C)c(C(=O)O)c3c1=O)=CC2.COCOc1cc2c(cc1OCOC)C(=O)C(c1coc3cc(C)c(C)c(C(=O)OCCBr)c3c1=O)=CC2. The second-order valence-corrected chi connectivity index (χ2v) is 23.1. The number of aryl methyl sites for hydroxylation is 2. The van der Waals surface area contributed by atoms with Crippen LogP contribution in [0.15, 0.2) is 79.5 Å². The van der Waals surface area contributed by atoms with E-state index in [9.17, 15) is 33.9 Å². The zero-order valence-corrected chi connectivity index (χ0v) is 55.7. The van der Waals surface area contributed by atoms with Gasteiger partial charge in [0.15, 0.2) is 61.7 Å². The Kier molecular flexibility index (Phi) is 27.6. The van der Waals surface area contributed by atoms with E-state index in [2.05, 4.69) is 43.6 Å². The molecule has 20 heteroatoms. The average Bonchev–Trinajstić information content (AvgIpc) is 0.773. The van der Waals surface area contributed by atoms with Gasteiger partial charge in [0.2, 0.25) is 10.9 Å². The number of aromatic carboxylic acids is 1. The molecule has 2 aromatic heterocycles. The van der Waals surface area contributed by atoms with Crippen LogP contribution >= 0.6 is 15.9 Å². The van der Waals surface area contributed by atoms with Crippen molar-refractivity contribution in [3.05, 3.63) is 148 Å². The number of halogens is 1. The second-order valence-electron chi connectivity index (χ2n) is 22.3. The number of ether oxygens (including phenoxy) is 9. The Hall–Kier alpha value is -7.46. The first-order chi connectivity index (χ1) is 43.3. The fraction of sp³-hybridized carbons (Fsp3) is 0.457. The molecule has 0 amide bonds. The standard InChI is InChI=1S/C28H27BrO9.C26H24O9.C16H36N/c1-15-9-23-25(24(16(15)2)28(32)35-8-7-29)27(31)20(12-36-23)18-6-5-17-10-21(37-13-33-3)22(38-14-34-4)11-19(17)26(18)30;1-13-7-21-23(22(14(13)2)26(29)30)25(28)18(10-33-21)16-6-5-15-8-19(34-11-31-3)20(35-12-32-4)9-17(15)24(16)27;1-5-9-13-17(14-10-6-2,15-11-7-3)16-12-8-4/h6,9-12H,5,7-8,13-14H2,1-4H3;6-10H,5,11-12H2,1-4H3,(H,29,30);5-16H2,1-4H3/q;;+1. The molecule has 0 bridgehead atoms. The third-order valence-corrected chi connectivity index (χ3v) is 16.4. The molecule has 0 aliphatic heterocycles. The van der Waals surface area contributed by atoms with Gasteiger partial charge in [-0.3, -0.25) is 19.2 Å². The minimum atomic E-state index is -1.24. The van der Waals surface area contributed by atoms with Crippen molar-refractivity contribution in [2.24, 2.45) is 0 Å². The first-order valence-electron chi connectivity index (χ1n) is 30.6. The van der Waals surface area contributed by atoms with Crippen LogP contribution in [0.3, 0.4) is 0 Å². The molecule has 6 aromatic rings. The number of hydrogen-bond acceptors (Lipinski definition) is 17. The maximum atomic E-state index is 13.8. The smallest absolute Gasteiger partial charge is 0.339 e. The van der Waals surface area contributed by atoms with Crippen LogP contribution in [0.5, 0.6) is 23.0 Å².